The largest absolute Gasteiger partial charge is 0.241 e. The van der Waals surface area contributed by atoms with Gasteiger partial charge in [0.1, 0.15) is 11.5 Å². The van der Waals surface area contributed by atoms with Gasteiger partial charge in [0.05, 0.1) is 5.69 Å². The molecule has 0 radical (unpaired) electrons. The lowest BCUT2D eigenvalue weighted by Crippen LogP contribution is -2.25. The van der Waals surface area contributed by atoms with Gasteiger partial charge in [0.15, 0.2) is 0 Å². The molecule has 1 fully saturated rings. The number of nitrogens with zero attached hydrogens (tertiary/aromatic N) is 2. The van der Waals surface area contributed by atoms with Crippen LogP contribution in [0.15, 0.2) is 6.33 Å². The van der Waals surface area contributed by atoms with E-state index in [2.05, 4.69) is 9.97 Å². The fraction of sp³-hybridized carbons (Fsp3) is 0.667. The Morgan fingerprint density at radius 3 is 2.93 bits per heavy atom. The lowest BCUT2D eigenvalue weighted by atomic mass is 9.70. The summed E-state index contributed by atoms with van der Waals surface area (Å²) >= 11 is 6.12. The summed E-state index contributed by atoms with van der Waals surface area (Å²) < 4.78 is 0. The highest BCUT2D eigenvalue weighted by molar-refractivity contribution is 6.30. The monoisotopic (exact) mass is 222 g/mol. The number of rotatable bonds is 0. The molecule has 0 bridgehead atoms. The molecule has 0 aromatic carbocycles. The summed E-state index contributed by atoms with van der Waals surface area (Å²) in [6.45, 7) is 0. The van der Waals surface area contributed by atoms with Gasteiger partial charge in [0.2, 0.25) is 0 Å². The summed E-state index contributed by atoms with van der Waals surface area (Å²) in [6.07, 6.45) is 9.41. The van der Waals surface area contributed by atoms with E-state index in [0.29, 0.717) is 11.1 Å². The van der Waals surface area contributed by atoms with Gasteiger partial charge in [-0.25, -0.2) is 9.97 Å². The minimum Gasteiger partial charge on any atom is -0.241 e. The van der Waals surface area contributed by atoms with Crippen LogP contribution in [0.25, 0.3) is 0 Å². The third kappa shape index (κ3) is 1.55. The molecule has 80 valence electrons. The van der Waals surface area contributed by atoms with Gasteiger partial charge >= 0.3 is 0 Å². The molecule has 2 atom stereocenters. The van der Waals surface area contributed by atoms with Crippen LogP contribution in [0.4, 0.5) is 0 Å². The summed E-state index contributed by atoms with van der Waals surface area (Å²) in [4.78, 5) is 8.55. The number of aromatic nitrogens is 2. The fourth-order valence-corrected chi connectivity index (χ4v) is 3.43. The van der Waals surface area contributed by atoms with E-state index < -0.39 is 0 Å². The van der Waals surface area contributed by atoms with E-state index in [4.69, 9.17) is 11.6 Å². The van der Waals surface area contributed by atoms with Crippen LogP contribution in [0.1, 0.15) is 49.3 Å². The second-order valence-electron chi connectivity index (χ2n) is 4.72. The Morgan fingerprint density at radius 1 is 1.13 bits per heavy atom. The third-order valence-corrected chi connectivity index (χ3v) is 4.28. The smallest absolute Gasteiger partial charge is 0.135 e. The van der Waals surface area contributed by atoms with Crippen molar-refractivity contribution in [1.29, 1.82) is 0 Å². The number of hydrogen-bond donors (Lipinski definition) is 0. The van der Waals surface area contributed by atoms with E-state index in [1.54, 1.807) is 6.33 Å². The molecule has 1 aromatic heterocycles. The van der Waals surface area contributed by atoms with E-state index in [-0.39, 0.29) is 0 Å². The average molecular weight is 223 g/mol. The van der Waals surface area contributed by atoms with Crippen LogP contribution in [0.5, 0.6) is 0 Å². The predicted octanol–water partition coefficient (Wildman–Crippen LogP) is 3.35. The van der Waals surface area contributed by atoms with E-state index in [1.165, 1.54) is 43.4 Å². The first kappa shape index (κ1) is 9.59. The average Bonchev–Trinajstić information content (AvgIpc) is 2.29. The second kappa shape index (κ2) is 3.75. The zero-order valence-corrected chi connectivity index (χ0v) is 9.50. The minimum atomic E-state index is 0.669. The maximum absolute atomic E-state index is 6.12. The molecule has 0 amide bonds. The molecule has 15 heavy (non-hydrogen) atoms. The summed E-state index contributed by atoms with van der Waals surface area (Å²) in [7, 11) is 0. The van der Waals surface area contributed by atoms with E-state index in [0.717, 1.165) is 12.3 Å². The maximum Gasteiger partial charge on any atom is 0.135 e. The second-order valence-corrected chi connectivity index (χ2v) is 5.08. The van der Waals surface area contributed by atoms with Crippen LogP contribution in [-0.4, -0.2) is 9.97 Å². The van der Waals surface area contributed by atoms with Crippen molar-refractivity contribution in [3.63, 3.8) is 0 Å². The first-order valence-electron chi connectivity index (χ1n) is 5.85. The Hall–Kier alpha value is -0.630. The molecule has 1 heterocycles. The molecule has 0 saturated heterocycles. The molecule has 0 unspecified atom stereocenters. The van der Waals surface area contributed by atoms with Crippen molar-refractivity contribution in [2.75, 3.05) is 0 Å². The van der Waals surface area contributed by atoms with Crippen LogP contribution in [0.3, 0.4) is 0 Å². The molecule has 2 nitrogen and oxygen atoms in total. The van der Waals surface area contributed by atoms with Crippen LogP contribution in [-0.2, 0) is 6.42 Å². The van der Waals surface area contributed by atoms with Crippen molar-refractivity contribution in [1.82, 2.24) is 9.97 Å². The van der Waals surface area contributed by atoms with Crippen molar-refractivity contribution in [3.8, 4) is 0 Å². The van der Waals surface area contributed by atoms with Crippen LogP contribution >= 0.6 is 11.6 Å². The molecule has 1 saturated carbocycles. The summed E-state index contributed by atoms with van der Waals surface area (Å²) in [5, 5.41) is 0.684. The molecule has 0 N–H and O–H groups in total. The van der Waals surface area contributed by atoms with Gasteiger partial charge in [-0.15, -0.1) is 0 Å². The van der Waals surface area contributed by atoms with Gasteiger partial charge in [-0.3, -0.25) is 0 Å². The Labute approximate surface area is 95.1 Å². The zero-order chi connectivity index (χ0) is 10.3. The molecule has 1 aromatic rings. The van der Waals surface area contributed by atoms with Crippen molar-refractivity contribution < 1.29 is 0 Å². The van der Waals surface area contributed by atoms with Gasteiger partial charge < -0.3 is 0 Å². The van der Waals surface area contributed by atoms with Gasteiger partial charge in [-0.2, -0.15) is 0 Å². The van der Waals surface area contributed by atoms with Crippen molar-refractivity contribution >= 4 is 11.6 Å². The topological polar surface area (TPSA) is 25.8 Å². The third-order valence-electron chi connectivity index (χ3n) is 3.95. The summed E-state index contributed by atoms with van der Waals surface area (Å²) in [6, 6.07) is 0. The minimum absolute atomic E-state index is 0.669. The first-order chi connectivity index (χ1) is 7.36. The summed E-state index contributed by atoms with van der Waals surface area (Å²) in [5.41, 5.74) is 2.48. The Morgan fingerprint density at radius 2 is 2.00 bits per heavy atom. The molecule has 2 aliphatic rings. The lowest BCUT2D eigenvalue weighted by Gasteiger charge is -2.36. The first-order valence-corrected chi connectivity index (χ1v) is 6.23. The maximum atomic E-state index is 6.12. The Balaban J connectivity index is 2.03. The molecule has 0 spiro atoms. The number of halogens is 1. The fourth-order valence-electron chi connectivity index (χ4n) is 3.20. The van der Waals surface area contributed by atoms with E-state index in [9.17, 15) is 0 Å². The highest BCUT2D eigenvalue weighted by Crippen LogP contribution is 2.45. The highest BCUT2D eigenvalue weighted by atomic mass is 35.5. The SMILES string of the molecule is Clc1ncnc2c1CC[C@@H]1CCCC[C@H]21. The van der Waals surface area contributed by atoms with Crippen LogP contribution in [0.2, 0.25) is 5.15 Å². The molecule has 0 aliphatic heterocycles. The number of fused-ring (bicyclic) bond motifs is 3. The highest BCUT2D eigenvalue weighted by Gasteiger charge is 2.33. The Bertz CT molecular complexity index is 378. The molecule has 3 heteroatoms. The van der Waals surface area contributed by atoms with Crippen molar-refractivity contribution in [3.05, 3.63) is 22.7 Å². The van der Waals surface area contributed by atoms with Crippen molar-refractivity contribution in [2.45, 2.75) is 44.4 Å². The van der Waals surface area contributed by atoms with Crippen molar-refractivity contribution in [2.24, 2.45) is 5.92 Å². The quantitative estimate of drug-likeness (QED) is 0.630. The normalized spacial score (nSPS) is 29.4. The number of hydrogen-bond acceptors (Lipinski definition) is 2. The predicted molar refractivity (Wildman–Crippen MR) is 60.1 cm³/mol. The van der Waals surface area contributed by atoms with Gasteiger partial charge in [-0.05, 0) is 31.6 Å². The van der Waals surface area contributed by atoms with E-state index in [1.807, 2.05) is 0 Å². The molecular formula is C12H15ClN2. The standard InChI is InChI=1S/C12H15ClN2/c13-12-10-6-5-8-3-1-2-4-9(8)11(10)14-7-15-12/h7-9H,1-6H2/t8-,9-/m0/s1. The molecule has 2 aliphatic carbocycles. The van der Waals surface area contributed by atoms with E-state index >= 15 is 0 Å². The summed E-state index contributed by atoms with van der Waals surface area (Å²) in [5.74, 6) is 1.53. The molecule has 3 rings (SSSR count). The van der Waals surface area contributed by atoms with Gasteiger partial charge in [0, 0.05) is 11.5 Å². The van der Waals surface area contributed by atoms with Crippen LogP contribution in [0, 0.1) is 5.92 Å². The lowest BCUT2D eigenvalue weighted by molar-refractivity contribution is 0.270. The molecular weight excluding hydrogens is 208 g/mol. The Kier molecular flexibility index (Phi) is 2.39. The zero-order valence-electron chi connectivity index (χ0n) is 8.75. The van der Waals surface area contributed by atoms with Crippen LogP contribution < -0.4 is 0 Å². The van der Waals surface area contributed by atoms with Gasteiger partial charge in [0.25, 0.3) is 0 Å². The van der Waals surface area contributed by atoms with Gasteiger partial charge in [-0.1, -0.05) is 24.4 Å².